The van der Waals surface area contributed by atoms with Crippen LogP contribution in [0.3, 0.4) is 0 Å². The number of hydrogen-bond acceptors (Lipinski definition) is 5. The van der Waals surface area contributed by atoms with Crippen LogP contribution in [0.15, 0.2) is 77.7 Å². The van der Waals surface area contributed by atoms with E-state index in [1.165, 1.54) is 26.2 Å². The Morgan fingerprint density at radius 1 is 0.969 bits per heavy atom. The Hall–Kier alpha value is -3.65. The Balaban J connectivity index is 1.95. The SMILES string of the molecule is COc1cccc(N(CC(=O)Nc2cccc(C(C)=O)c2)S(=O)(=O)c2ccc(C)cc2)c1. The number of ketones is 1. The van der Waals surface area contributed by atoms with Crippen molar-refractivity contribution in [3.05, 3.63) is 83.9 Å². The van der Waals surface area contributed by atoms with Crippen LogP contribution in [0.2, 0.25) is 0 Å². The highest BCUT2D eigenvalue weighted by molar-refractivity contribution is 7.92. The molecule has 7 nitrogen and oxygen atoms in total. The quantitative estimate of drug-likeness (QED) is 0.521. The number of anilines is 2. The summed E-state index contributed by atoms with van der Waals surface area (Å²) in [7, 11) is -2.56. The van der Waals surface area contributed by atoms with E-state index < -0.39 is 22.5 Å². The number of carbonyl (C=O) groups excluding carboxylic acids is 2. The Morgan fingerprint density at radius 3 is 2.31 bits per heavy atom. The summed E-state index contributed by atoms with van der Waals surface area (Å²) in [6.45, 7) is 2.83. The Bertz CT molecular complexity index is 1240. The first kappa shape index (κ1) is 23.0. The van der Waals surface area contributed by atoms with Gasteiger partial charge in [0, 0.05) is 17.3 Å². The molecule has 0 saturated carbocycles. The molecule has 0 unspecified atom stereocenters. The number of methoxy groups -OCH3 is 1. The van der Waals surface area contributed by atoms with Crippen molar-refractivity contribution in [1.82, 2.24) is 0 Å². The number of sulfonamides is 1. The zero-order valence-electron chi connectivity index (χ0n) is 18.0. The second-order valence-corrected chi connectivity index (χ2v) is 9.07. The van der Waals surface area contributed by atoms with Gasteiger partial charge in [-0.3, -0.25) is 13.9 Å². The van der Waals surface area contributed by atoms with E-state index >= 15 is 0 Å². The lowest BCUT2D eigenvalue weighted by atomic mass is 10.1. The molecule has 0 fully saturated rings. The van der Waals surface area contributed by atoms with Crippen molar-refractivity contribution >= 4 is 33.1 Å². The molecule has 32 heavy (non-hydrogen) atoms. The van der Waals surface area contributed by atoms with Crippen LogP contribution < -0.4 is 14.4 Å². The maximum absolute atomic E-state index is 13.4. The summed E-state index contributed by atoms with van der Waals surface area (Å²) in [6.07, 6.45) is 0. The molecule has 3 rings (SSSR count). The molecule has 0 radical (unpaired) electrons. The molecule has 1 N–H and O–H groups in total. The van der Waals surface area contributed by atoms with E-state index in [2.05, 4.69) is 5.32 Å². The molecule has 0 atom stereocenters. The third-order valence-electron chi connectivity index (χ3n) is 4.79. The van der Waals surface area contributed by atoms with Gasteiger partial charge in [0.05, 0.1) is 17.7 Å². The Kier molecular flexibility index (Phi) is 6.95. The van der Waals surface area contributed by atoms with Gasteiger partial charge in [-0.25, -0.2) is 8.42 Å². The number of benzene rings is 3. The standard InChI is InChI=1S/C24H24N2O5S/c1-17-10-12-23(13-11-17)32(29,30)26(21-8-5-9-22(15-21)31-3)16-24(28)25-20-7-4-6-19(14-20)18(2)27/h4-15H,16H2,1-3H3,(H,25,28). The minimum Gasteiger partial charge on any atom is -0.497 e. The summed E-state index contributed by atoms with van der Waals surface area (Å²) >= 11 is 0. The van der Waals surface area contributed by atoms with E-state index in [1.54, 1.807) is 60.7 Å². The lowest BCUT2D eigenvalue weighted by molar-refractivity contribution is -0.114. The predicted octanol–water partition coefficient (Wildman–Crippen LogP) is 4.04. The van der Waals surface area contributed by atoms with Crippen molar-refractivity contribution in [3.8, 4) is 5.75 Å². The minimum absolute atomic E-state index is 0.0669. The second kappa shape index (κ2) is 9.65. The topological polar surface area (TPSA) is 92.8 Å². The minimum atomic E-state index is -4.04. The number of aryl methyl sites for hydroxylation is 1. The molecule has 0 bridgehead atoms. The van der Waals surface area contributed by atoms with Crippen LogP contribution in [0.5, 0.6) is 5.75 Å². The highest BCUT2D eigenvalue weighted by Crippen LogP contribution is 2.27. The summed E-state index contributed by atoms with van der Waals surface area (Å²) < 4.78 is 33.1. The third-order valence-corrected chi connectivity index (χ3v) is 6.58. The summed E-state index contributed by atoms with van der Waals surface area (Å²) in [4.78, 5) is 24.5. The van der Waals surface area contributed by atoms with Gasteiger partial charge in [-0.2, -0.15) is 0 Å². The molecule has 0 saturated heterocycles. The molecule has 0 heterocycles. The number of amides is 1. The number of carbonyl (C=O) groups is 2. The first-order valence-electron chi connectivity index (χ1n) is 9.85. The van der Waals surface area contributed by atoms with Gasteiger partial charge in [0.2, 0.25) is 5.91 Å². The van der Waals surface area contributed by atoms with E-state index in [9.17, 15) is 18.0 Å². The highest BCUT2D eigenvalue weighted by Gasteiger charge is 2.27. The molecule has 3 aromatic rings. The molecule has 166 valence electrons. The second-order valence-electron chi connectivity index (χ2n) is 7.21. The molecule has 0 aliphatic rings. The van der Waals surface area contributed by atoms with Crippen molar-refractivity contribution < 1.29 is 22.7 Å². The molecule has 0 spiro atoms. The molecule has 3 aromatic carbocycles. The monoisotopic (exact) mass is 452 g/mol. The fraction of sp³-hybridized carbons (Fsp3) is 0.167. The number of Topliss-reactive ketones (excluding diaryl/α,β-unsaturated/α-hetero) is 1. The molecular weight excluding hydrogens is 428 g/mol. The molecule has 1 amide bonds. The largest absolute Gasteiger partial charge is 0.497 e. The summed E-state index contributed by atoms with van der Waals surface area (Å²) in [5.74, 6) is -0.230. The smallest absolute Gasteiger partial charge is 0.264 e. The van der Waals surface area contributed by atoms with Crippen LogP contribution in [-0.4, -0.2) is 33.8 Å². The molecule has 0 aliphatic heterocycles. The van der Waals surface area contributed by atoms with Gasteiger partial charge in [-0.1, -0.05) is 35.9 Å². The zero-order valence-corrected chi connectivity index (χ0v) is 18.8. The highest BCUT2D eigenvalue weighted by atomic mass is 32.2. The third kappa shape index (κ3) is 5.33. The zero-order chi connectivity index (χ0) is 23.3. The lowest BCUT2D eigenvalue weighted by Gasteiger charge is -2.24. The van der Waals surface area contributed by atoms with Gasteiger partial charge in [-0.15, -0.1) is 0 Å². The van der Waals surface area contributed by atoms with E-state index in [1.807, 2.05) is 6.92 Å². The van der Waals surface area contributed by atoms with Crippen molar-refractivity contribution in [1.29, 1.82) is 0 Å². The van der Waals surface area contributed by atoms with Gasteiger partial charge in [0.15, 0.2) is 5.78 Å². The van der Waals surface area contributed by atoms with Crippen LogP contribution in [-0.2, 0) is 14.8 Å². The van der Waals surface area contributed by atoms with E-state index in [4.69, 9.17) is 4.74 Å². The number of rotatable bonds is 8. The number of nitrogens with zero attached hydrogens (tertiary/aromatic N) is 1. The van der Waals surface area contributed by atoms with Crippen molar-refractivity contribution in [3.63, 3.8) is 0 Å². The van der Waals surface area contributed by atoms with E-state index in [-0.39, 0.29) is 16.4 Å². The average Bonchev–Trinajstić information content (AvgIpc) is 2.78. The Morgan fingerprint density at radius 2 is 1.66 bits per heavy atom. The van der Waals surface area contributed by atoms with Crippen LogP contribution >= 0.6 is 0 Å². The first-order valence-corrected chi connectivity index (χ1v) is 11.3. The van der Waals surface area contributed by atoms with E-state index in [0.717, 1.165) is 9.87 Å². The summed E-state index contributed by atoms with van der Waals surface area (Å²) in [6, 6.07) is 19.4. The van der Waals surface area contributed by atoms with Gasteiger partial charge in [0.25, 0.3) is 10.0 Å². The maximum atomic E-state index is 13.4. The maximum Gasteiger partial charge on any atom is 0.264 e. The predicted molar refractivity (Wildman–Crippen MR) is 124 cm³/mol. The number of hydrogen-bond donors (Lipinski definition) is 1. The van der Waals surface area contributed by atoms with Gasteiger partial charge in [0.1, 0.15) is 12.3 Å². The first-order chi connectivity index (χ1) is 15.2. The van der Waals surface area contributed by atoms with Gasteiger partial charge >= 0.3 is 0 Å². The van der Waals surface area contributed by atoms with Crippen LogP contribution in [0.4, 0.5) is 11.4 Å². The van der Waals surface area contributed by atoms with E-state index in [0.29, 0.717) is 17.0 Å². The number of nitrogens with one attached hydrogen (secondary N) is 1. The fourth-order valence-corrected chi connectivity index (χ4v) is 4.48. The van der Waals surface area contributed by atoms with Crippen molar-refractivity contribution in [2.24, 2.45) is 0 Å². The summed E-state index contributed by atoms with van der Waals surface area (Å²) in [5.41, 5.74) is 2.05. The number of ether oxygens (including phenoxy) is 1. The van der Waals surface area contributed by atoms with Gasteiger partial charge in [-0.05, 0) is 50.2 Å². The molecule has 0 aliphatic carbocycles. The molecular formula is C24H24N2O5S. The average molecular weight is 453 g/mol. The van der Waals surface area contributed by atoms with Crippen molar-refractivity contribution in [2.75, 3.05) is 23.3 Å². The molecule has 8 heteroatoms. The van der Waals surface area contributed by atoms with Crippen LogP contribution in [0.25, 0.3) is 0 Å². The molecule has 0 aromatic heterocycles. The normalized spacial score (nSPS) is 11.0. The summed E-state index contributed by atoms with van der Waals surface area (Å²) in [5, 5.41) is 2.67. The van der Waals surface area contributed by atoms with Crippen molar-refractivity contribution in [2.45, 2.75) is 18.7 Å². The van der Waals surface area contributed by atoms with Crippen LogP contribution in [0.1, 0.15) is 22.8 Å². The Labute approximate surface area is 187 Å². The van der Waals surface area contributed by atoms with Gasteiger partial charge < -0.3 is 10.1 Å². The lowest BCUT2D eigenvalue weighted by Crippen LogP contribution is -2.38. The fourth-order valence-electron chi connectivity index (χ4n) is 3.07. The van der Waals surface area contributed by atoms with Crippen LogP contribution in [0, 0.1) is 6.92 Å².